The monoisotopic (exact) mass is 401 g/mol. The Labute approximate surface area is 170 Å². The van der Waals surface area contributed by atoms with Gasteiger partial charge in [0.15, 0.2) is 0 Å². The van der Waals surface area contributed by atoms with Crippen molar-refractivity contribution in [1.82, 2.24) is 0 Å². The van der Waals surface area contributed by atoms with Crippen molar-refractivity contribution < 1.29 is 19.7 Å². The summed E-state index contributed by atoms with van der Waals surface area (Å²) in [5.74, 6) is 0.790. The fourth-order valence-electron chi connectivity index (χ4n) is 3.57. The first kappa shape index (κ1) is 20.9. The fraction of sp³-hybridized carbons (Fsp3) is 0.429. The molecule has 0 aromatic heterocycles. The highest BCUT2D eigenvalue weighted by atomic mass is 16.6. The second-order valence-corrected chi connectivity index (χ2v) is 7.26. The summed E-state index contributed by atoms with van der Waals surface area (Å²) in [6.07, 6.45) is 0. The van der Waals surface area contributed by atoms with E-state index in [-0.39, 0.29) is 17.2 Å². The Balaban J connectivity index is 1.60. The minimum absolute atomic E-state index is 0.0637. The molecule has 0 aliphatic carbocycles. The van der Waals surface area contributed by atoms with Gasteiger partial charge in [-0.25, -0.2) is 0 Å². The normalized spacial score (nSPS) is 14.6. The minimum Gasteiger partial charge on any atom is -0.492 e. The van der Waals surface area contributed by atoms with Crippen LogP contribution >= 0.6 is 0 Å². The highest BCUT2D eigenvalue weighted by Gasteiger charge is 2.22. The minimum atomic E-state index is -0.364. The number of aryl methyl sites for hydroxylation is 1. The molecule has 2 aromatic carbocycles. The van der Waals surface area contributed by atoms with Crippen molar-refractivity contribution in [1.29, 1.82) is 0 Å². The molecule has 8 nitrogen and oxygen atoms in total. The summed E-state index contributed by atoms with van der Waals surface area (Å²) in [6, 6.07) is 13.0. The van der Waals surface area contributed by atoms with Gasteiger partial charge >= 0.3 is 0 Å². The van der Waals surface area contributed by atoms with Crippen LogP contribution in [0.25, 0.3) is 0 Å². The summed E-state index contributed by atoms with van der Waals surface area (Å²) in [5.41, 5.74) is 2.67. The second-order valence-electron chi connectivity index (χ2n) is 7.26. The number of quaternary nitrogens is 1. The Hall–Kier alpha value is -2.84. The van der Waals surface area contributed by atoms with Crippen LogP contribution in [0.5, 0.6) is 5.75 Å². The summed E-state index contributed by atoms with van der Waals surface area (Å²) < 4.78 is 5.72. The molecule has 0 unspecified atom stereocenters. The average Bonchev–Trinajstić information content (AvgIpc) is 2.72. The van der Waals surface area contributed by atoms with E-state index >= 15 is 0 Å². The molecule has 3 rings (SSSR count). The number of aliphatic hydroxyl groups excluding tert-OH is 1. The molecule has 0 spiro atoms. The zero-order valence-electron chi connectivity index (χ0n) is 16.8. The molecule has 0 saturated carbocycles. The van der Waals surface area contributed by atoms with Crippen LogP contribution in [0.1, 0.15) is 5.56 Å². The van der Waals surface area contributed by atoms with Crippen LogP contribution in [0.15, 0.2) is 42.5 Å². The van der Waals surface area contributed by atoms with E-state index in [4.69, 9.17) is 9.84 Å². The van der Waals surface area contributed by atoms with Crippen LogP contribution in [0.2, 0.25) is 0 Å². The number of nitro groups is 1. The van der Waals surface area contributed by atoms with Crippen LogP contribution in [0.4, 0.5) is 17.1 Å². The average molecular weight is 401 g/mol. The van der Waals surface area contributed by atoms with Crippen molar-refractivity contribution >= 4 is 17.1 Å². The lowest BCUT2D eigenvalue weighted by atomic mass is 10.2. The Morgan fingerprint density at radius 2 is 2.03 bits per heavy atom. The number of hydrogen-bond acceptors (Lipinski definition) is 6. The number of piperazine rings is 1. The maximum Gasteiger partial charge on any atom is 0.292 e. The van der Waals surface area contributed by atoms with Crippen LogP contribution in [0, 0.1) is 17.0 Å². The molecule has 156 valence electrons. The molecule has 29 heavy (non-hydrogen) atoms. The molecule has 0 atom stereocenters. The maximum absolute atomic E-state index is 11.4. The van der Waals surface area contributed by atoms with Gasteiger partial charge in [-0.3, -0.25) is 10.1 Å². The lowest BCUT2D eigenvalue weighted by molar-refractivity contribution is -0.900. The Morgan fingerprint density at radius 1 is 1.24 bits per heavy atom. The molecule has 1 aliphatic heterocycles. The van der Waals surface area contributed by atoms with Gasteiger partial charge in [-0.1, -0.05) is 12.1 Å². The molecule has 1 fully saturated rings. The standard InChI is InChI=1S/C21H28N4O4/c1-17-3-2-4-19(15-17)29-14-7-22-20-16-18(5-6-21(20)25(27)28)24-10-8-23(9-11-24)12-13-26/h2-6,15-16,22,26H,7-14H2,1H3/p+1. The fourth-order valence-corrected chi connectivity index (χ4v) is 3.57. The first-order chi connectivity index (χ1) is 14.1. The van der Waals surface area contributed by atoms with Gasteiger partial charge in [0.25, 0.3) is 5.69 Å². The van der Waals surface area contributed by atoms with Crippen molar-refractivity contribution in [3.8, 4) is 5.75 Å². The van der Waals surface area contributed by atoms with E-state index in [1.54, 1.807) is 6.07 Å². The van der Waals surface area contributed by atoms with Gasteiger partial charge in [-0.15, -0.1) is 0 Å². The van der Waals surface area contributed by atoms with E-state index in [0.717, 1.165) is 49.7 Å². The largest absolute Gasteiger partial charge is 0.492 e. The molecule has 8 heteroatoms. The highest BCUT2D eigenvalue weighted by molar-refractivity contribution is 5.69. The number of ether oxygens (including phenoxy) is 1. The van der Waals surface area contributed by atoms with E-state index < -0.39 is 0 Å². The Bertz CT molecular complexity index is 822. The summed E-state index contributed by atoms with van der Waals surface area (Å²) in [7, 11) is 0. The second kappa shape index (κ2) is 10.1. The van der Waals surface area contributed by atoms with E-state index in [1.165, 1.54) is 4.90 Å². The van der Waals surface area contributed by atoms with Gasteiger partial charge in [-0.05, 0) is 36.8 Å². The molecular formula is C21H29N4O4+. The van der Waals surface area contributed by atoms with Gasteiger partial charge in [0.2, 0.25) is 0 Å². The molecule has 2 aromatic rings. The van der Waals surface area contributed by atoms with Crippen molar-refractivity contribution in [2.24, 2.45) is 0 Å². The number of nitro benzene ring substituents is 1. The quantitative estimate of drug-likeness (QED) is 0.331. The van der Waals surface area contributed by atoms with Crippen molar-refractivity contribution in [2.75, 3.05) is 62.7 Å². The molecule has 3 N–H and O–H groups in total. The van der Waals surface area contributed by atoms with E-state index in [2.05, 4.69) is 10.2 Å². The molecule has 0 amide bonds. The third kappa shape index (κ3) is 5.82. The van der Waals surface area contributed by atoms with Crippen LogP contribution in [-0.2, 0) is 0 Å². The van der Waals surface area contributed by atoms with Gasteiger partial charge in [0, 0.05) is 18.3 Å². The Kier molecular flexibility index (Phi) is 7.26. The summed E-state index contributed by atoms with van der Waals surface area (Å²) in [6.45, 7) is 7.47. The zero-order chi connectivity index (χ0) is 20.6. The maximum atomic E-state index is 11.4. The number of anilines is 2. The number of nitrogens with one attached hydrogen (secondary N) is 2. The molecule has 1 heterocycles. The SMILES string of the molecule is Cc1cccc(OCCNc2cc(N3CC[NH+](CCO)CC3)ccc2[N+](=O)[O-])c1. The topological polar surface area (TPSA) is 92.3 Å². The third-order valence-electron chi connectivity index (χ3n) is 5.15. The summed E-state index contributed by atoms with van der Waals surface area (Å²) in [4.78, 5) is 14.7. The van der Waals surface area contributed by atoms with Crippen molar-refractivity contribution in [3.05, 3.63) is 58.1 Å². The molecule has 0 radical (unpaired) electrons. The van der Waals surface area contributed by atoms with Gasteiger partial charge < -0.3 is 25.0 Å². The number of nitrogens with zero attached hydrogens (tertiary/aromatic N) is 2. The number of rotatable bonds is 9. The molecule has 1 aliphatic rings. The third-order valence-corrected chi connectivity index (χ3v) is 5.15. The van der Waals surface area contributed by atoms with E-state index in [9.17, 15) is 10.1 Å². The van der Waals surface area contributed by atoms with Gasteiger partial charge in [0.05, 0.1) is 37.7 Å². The van der Waals surface area contributed by atoms with Gasteiger partial charge in [-0.2, -0.15) is 0 Å². The van der Waals surface area contributed by atoms with Crippen LogP contribution in [-0.4, -0.2) is 62.5 Å². The van der Waals surface area contributed by atoms with Crippen LogP contribution < -0.4 is 19.9 Å². The first-order valence-electron chi connectivity index (χ1n) is 9.98. The zero-order valence-corrected chi connectivity index (χ0v) is 16.8. The lowest BCUT2D eigenvalue weighted by Gasteiger charge is -2.33. The predicted octanol–water partition coefficient (Wildman–Crippen LogP) is 1.09. The lowest BCUT2D eigenvalue weighted by Crippen LogP contribution is -3.15. The molecule has 1 saturated heterocycles. The number of aliphatic hydroxyl groups is 1. The number of benzene rings is 2. The predicted molar refractivity (Wildman–Crippen MR) is 113 cm³/mol. The van der Waals surface area contributed by atoms with E-state index in [0.29, 0.717) is 18.8 Å². The van der Waals surface area contributed by atoms with Crippen molar-refractivity contribution in [3.63, 3.8) is 0 Å². The smallest absolute Gasteiger partial charge is 0.292 e. The number of hydrogen-bond donors (Lipinski definition) is 3. The van der Waals surface area contributed by atoms with Crippen LogP contribution in [0.3, 0.4) is 0 Å². The van der Waals surface area contributed by atoms with E-state index in [1.807, 2.05) is 43.3 Å². The van der Waals surface area contributed by atoms with Crippen molar-refractivity contribution in [2.45, 2.75) is 6.92 Å². The highest BCUT2D eigenvalue weighted by Crippen LogP contribution is 2.29. The molecular weight excluding hydrogens is 372 g/mol. The first-order valence-corrected chi connectivity index (χ1v) is 9.98. The summed E-state index contributed by atoms with van der Waals surface area (Å²) >= 11 is 0. The Morgan fingerprint density at radius 3 is 2.72 bits per heavy atom. The van der Waals surface area contributed by atoms with Gasteiger partial charge in [0.1, 0.15) is 24.6 Å². The molecule has 0 bridgehead atoms. The summed E-state index contributed by atoms with van der Waals surface area (Å²) in [5, 5.41) is 23.7.